The maximum absolute atomic E-state index is 9.44. The van der Waals surface area contributed by atoms with Crippen LogP contribution in [0.15, 0.2) is 18.2 Å². The van der Waals surface area contributed by atoms with Crippen LogP contribution in [-0.2, 0) is 0 Å². The Morgan fingerprint density at radius 3 is 2.69 bits per heavy atom. The highest BCUT2D eigenvalue weighted by atomic mass is 35.5. The van der Waals surface area contributed by atoms with Crippen LogP contribution in [0.5, 0.6) is 0 Å². The van der Waals surface area contributed by atoms with Gasteiger partial charge in [0.1, 0.15) is 0 Å². The lowest BCUT2D eigenvalue weighted by Gasteiger charge is -2.08. The normalized spacial score (nSPS) is 12.2. The van der Waals surface area contributed by atoms with Gasteiger partial charge in [-0.1, -0.05) is 29.3 Å². The van der Waals surface area contributed by atoms with E-state index in [1.807, 2.05) is 6.07 Å². The molecule has 1 atom stereocenters. The van der Waals surface area contributed by atoms with Crippen molar-refractivity contribution in [2.24, 2.45) is 0 Å². The zero-order valence-electron chi connectivity index (χ0n) is 6.67. The molecule has 0 aliphatic carbocycles. The van der Waals surface area contributed by atoms with Crippen molar-refractivity contribution in [1.29, 1.82) is 5.26 Å². The van der Waals surface area contributed by atoms with E-state index < -0.39 is 6.10 Å². The van der Waals surface area contributed by atoms with Crippen molar-refractivity contribution in [3.8, 4) is 6.07 Å². The van der Waals surface area contributed by atoms with Crippen molar-refractivity contribution in [3.63, 3.8) is 0 Å². The molecule has 1 aromatic rings. The van der Waals surface area contributed by atoms with Gasteiger partial charge in [0.15, 0.2) is 0 Å². The Balaban J connectivity index is 2.96. The summed E-state index contributed by atoms with van der Waals surface area (Å²) in [5, 5.41) is 18.7. The van der Waals surface area contributed by atoms with Crippen LogP contribution in [0.1, 0.15) is 18.1 Å². The molecule has 0 aromatic heterocycles. The molecule has 0 unspecified atom stereocenters. The van der Waals surface area contributed by atoms with Crippen molar-refractivity contribution in [2.75, 3.05) is 0 Å². The number of benzene rings is 1. The summed E-state index contributed by atoms with van der Waals surface area (Å²) in [6.07, 6.45) is -0.809. The van der Waals surface area contributed by atoms with Crippen LogP contribution >= 0.6 is 23.2 Å². The van der Waals surface area contributed by atoms with Crippen molar-refractivity contribution in [2.45, 2.75) is 12.5 Å². The first-order valence-corrected chi connectivity index (χ1v) is 4.40. The summed E-state index contributed by atoms with van der Waals surface area (Å²) in [7, 11) is 0. The summed E-state index contributed by atoms with van der Waals surface area (Å²) in [6, 6.07) is 6.65. The molecule has 0 aliphatic rings. The van der Waals surface area contributed by atoms with Crippen LogP contribution in [0, 0.1) is 11.3 Å². The standard InChI is InChI=1S/C9H7Cl2NO/c10-6-1-2-7(8(11)5-6)9(13)3-4-12/h1-2,5,9,13H,3H2/t9-/m0/s1. The van der Waals surface area contributed by atoms with Crippen molar-refractivity contribution in [1.82, 2.24) is 0 Å². The minimum Gasteiger partial charge on any atom is -0.387 e. The van der Waals surface area contributed by atoms with Gasteiger partial charge < -0.3 is 5.11 Å². The molecule has 0 heterocycles. The van der Waals surface area contributed by atoms with E-state index in [2.05, 4.69) is 0 Å². The zero-order chi connectivity index (χ0) is 9.84. The van der Waals surface area contributed by atoms with Crippen molar-refractivity contribution < 1.29 is 5.11 Å². The minimum absolute atomic E-state index is 0.0291. The van der Waals surface area contributed by atoms with E-state index >= 15 is 0 Å². The molecule has 0 saturated carbocycles. The van der Waals surface area contributed by atoms with Gasteiger partial charge in [0.2, 0.25) is 0 Å². The van der Waals surface area contributed by atoms with E-state index in [1.165, 1.54) is 0 Å². The monoisotopic (exact) mass is 215 g/mol. The first kappa shape index (κ1) is 10.3. The van der Waals surface area contributed by atoms with Crippen molar-refractivity contribution >= 4 is 23.2 Å². The third-order valence-corrected chi connectivity index (χ3v) is 2.17. The molecule has 4 heteroatoms. The Morgan fingerprint density at radius 1 is 1.46 bits per heavy atom. The predicted octanol–water partition coefficient (Wildman–Crippen LogP) is 2.94. The van der Waals surface area contributed by atoms with E-state index in [4.69, 9.17) is 28.5 Å². The smallest absolute Gasteiger partial charge is 0.0934 e. The molecule has 68 valence electrons. The molecule has 1 aromatic carbocycles. The summed E-state index contributed by atoms with van der Waals surface area (Å²) in [5.41, 5.74) is 0.535. The van der Waals surface area contributed by atoms with Gasteiger partial charge >= 0.3 is 0 Å². The molecular formula is C9H7Cl2NO. The Hall–Kier alpha value is -0.750. The zero-order valence-corrected chi connectivity index (χ0v) is 8.18. The lowest BCUT2D eigenvalue weighted by Crippen LogP contribution is -1.96. The second-order valence-corrected chi connectivity index (χ2v) is 3.39. The Kier molecular flexibility index (Phi) is 3.56. The fourth-order valence-electron chi connectivity index (χ4n) is 0.968. The summed E-state index contributed by atoms with van der Waals surface area (Å²) < 4.78 is 0. The van der Waals surface area contributed by atoms with Crippen LogP contribution in [0.2, 0.25) is 10.0 Å². The van der Waals surface area contributed by atoms with E-state index in [-0.39, 0.29) is 6.42 Å². The van der Waals surface area contributed by atoms with E-state index in [1.54, 1.807) is 18.2 Å². The number of nitrogens with zero attached hydrogens (tertiary/aromatic N) is 1. The van der Waals surface area contributed by atoms with Crippen LogP contribution < -0.4 is 0 Å². The first-order chi connectivity index (χ1) is 6.15. The third-order valence-electron chi connectivity index (χ3n) is 1.61. The molecular weight excluding hydrogens is 209 g/mol. The maximum Gasteiger partial charge on any atom is 0.0934 e. The second-order valence-electron chi connectivity index (χ2n) is 2.54. The average molecular weight is 216 g/mol. The van der Waals surface area contributed by atoms with Crippen molar-refractivity contribution in [3.05, 3.63) is 33.8 Å². The van der Waals surface area contributed by atoms with Gasteiger partial charge in [0, 0.05) is 15.6 Å². The number of hydrogen-bond donors (Lipinski definition) is 1. The molecule has 0 radical (unpaired) electrons. The van der Waals surface area contributed by atoms with Crippen LogP contribution in [0.4, 0.5) is 0 Å². The lowest BCUT2D eigenvalue weighted by atomic mass is 10.1. The summed E-state index contributed by atoms with van der Waals surface area (Å²) in [5.74, 6) is 0. The highest BCUT2D eigenvalue weighted by Gasteiger charge is 2.10. The van der Waals surface area contributed by atoms with Gasteiger partial charge in [-0.2, -0.15) is 5.26 Å². The SMILES string of the molecule is N#CC[C@H](O)c1ccc(Cl)cc1Cl. The topological polar surface area (TPSA) is 44.0 Å². The second kappa shape index (κ2) is 4.48. The molecule has 0 bridgehead atoms. The van der Waals surface area contributed by atoms with Gasteiger partial charge in [-0.25, -0.2) is 0 Å². The molecule has 0 spiro atoms. The molecule has 1 rings (SSSR count). The molecule has 0 saturated heterocycles. The van der Waals surface area contributed by atoms with Gasteiger partial charge in [-0.3, -0.25) is 0 Å². The fraction of sp³-hybridized carbons (Fsp3) is 0.222. The van der Waals surface area contributed by atoms with E-state index in [0.717, 1.165) is 0 Å². The van der Waals surface area contributed by atoms with E-state index in [9.17, 15) is 5.11 Å². The van der Waals surface area contributed by atoms with Crippen LogP contribution in [0.25, 0.3) is 0 Å². The van der Waals surface area contributed by atoms with Gasteiger partial charge in [-0.05, 0) is 12.1 Å². The summed E-state index contributed by atoms with van der Waals surface area (Å²) in [6.45, 7) is 0. The third kappa shape index (κ3) is 2.60. The minimum atomic E-state index is -0.838. The Morgan fingerprint density at radius 2 is 2.15 bits per heavy atom. The fourth-order valence-corrected chi connectivity index (χ4v) is 1.50. The number of rotatable bonds is 2. The number of nitriles is 1. The number of aliphatic hydroxyl groups is 1. The highest BCUT2D eigenvalue weighted by molar-refractivity contribution is 6.35. The van der Waals surface area contributed by atoms with Crippen LogP contribution in [-0.4, -0.2) is 5.11 Å². The number of halogens is 2. The van der Waals surface area contributed by atoms with Crippen LogP contribution in [0.3, 0.4) is 0 Å². The molecule has 1 N–H and O–H groups in total. The van der Waals surface area contributed by atoms with Gasteiger partial charge in [-0.15, -0.1) is 0 Å². The number of hydrogen-bond acceptors (Lipinski definition) is 2. The first-order valence-electron chi connectivity index (χ1n) is 3.65. The Bertz CT molecular complexity index is 346. The number of aliphatic hydroxyl groups excluding tert-OH is 1. The maximum atomic E-state index is 9.44. The quantitative estimate of drug-likeness (QED) is 0.825. The summed E-state index contributed by atoms with van der Waals surface area (Å²) >= 11 is 11.5. The molecule has 0 fully saturated rings. The predicted molar refractivity (Wildman–Crippen MR) is 51.7 cm³/mol. The van der Waals surface area contributed by atoms with E-state index in [0.29, 0.717) is 15.6 Å². The molecule has 13 heavy (non-hydrogen) atoms. The average Bonchev–Trinajstić information content (AvgIpc) is 2.04. The largest absolute Gasteiger partial charge is 0.387 e. The summed E-state index contributed by atoms with van der Waals surface area (Å²) in [4.78, 5) is 0. The van der Waals surface area contributed by atoms with Gasteiger partial charge in [0.05, 0.1) is 18.6 Å². The lowest BCUT2D eigenvalue weighted by molar-refractivity contribution is 0.183. The Labute approximate surface area is 86.3 Å². The highest BCUT2D eigenvalue weighted by Crippen LogP contribution is 2.27. The molecule has 0 aliphatic heterocycles. The molecule has 0 amide bonds. The van der Waals surface area contributed by atoms with Gasteiger partial charge in [0.25, 0.3) is 0 Å². The molecule has 2 nitrogen and oxygen atoms in total.